The Balaban J connectivity index is 2.06. The van der Waals surface area contributed by atoms with E-state index in [4.69, 9.17) is 4.74 Å². The summed E-state index contributed by atoms with van der Waals surface area (Å²) in [5.74, 6) is -0.448. The van der Waals surface area contributed by atoms with E-state index in [9.17, 15) is 14.7 Å². The zero-order chi connectivity index (χ0) is 18.2. The van der Waals surface area contributed by atoms with Gasteiger partial charge in [-0.3, -0.25) is 4.79 Å². The van der Waals surface area contributed by atoms with Crippen LogP contribution in [0.25, 0.3) is 0 Å². The van der Waals surface area contributed by atoms with Crippen molar-refractivity contribution in [2.75, 3.05) is 6.61 Å². The molecule has 5 heteroatoms. The van der Waals surface area contributed by atoms with Crippen LogP contribution in [0.1, 0.15) is 42.2 Å². The van der Waals surface area contributed by atoms with Crippen LogP contribution in [0.4, 0.5) is 0 Å². The molecule has 132 valence electrons. The number of benzene rings is 2. The molecule has 1 N–H and O–H groups in total. The third-order valence-corrected chi connectivity index (χ3v) is 3.58. The number of hydrogen-bond acceptors (Lipinski definition) is 4. The Morgan fingerprint density at radius 1 is 1.04 bits per heavy atom. The maximum absolute atomic E-state index is 12.4. The van der Waals surface area contributed by atoms with E-state index < -0.39 is 12.0 Å². The number of carboxylic acids is 1. The third-order valence-electron chi connectivity index (χ3n) is 3.58. The quantitative estimate of drug-likeness (QED) is 0.800. The first-order chi connectivity index (χ1) is 12.0. The van der Waals surface area contributed by atoms with Gasteiger partial charge in [0, 0.05) is 18.0 Å². The molecular formula is C20H22NO4-. The summed E-state index contributed by atoms with van der Waals surface area (Å²) in [5, 5.41) is 13.7. The number of amides is 1. The highest BCUT2D eigenvalue weighted by molar-refractivity contribution is 5.94. The summed E-state index contributed by atoms with van der Waals surface area (Å²) in [6.45, 7) is 4.72. The summed E-state index contributed by atoms with van der Waals surface area (Å²) in [6, 6.07) is 15.1. The van der Waals surface area contributed by atoms with E-state index in [1.54, 1.807) is 48.5 Å². The Bertz CT molecular complexity index is 695. The lowest BCUT2D eigenvalue weighted by Gasteiger charge is -2.20. The fourth-order valence-corrected chi connectivity index (χ4v) is 2.31. The van der Waals surface area contributed by atoms with Gasteiger partial charge in [0.2, 0.25) is 0 Å². The zero-order valence-corrected chi connectivity index (χ0v) is 14.4. The zero-order valence-electron chi connectivity index (χ0n) is 14.4. The Morgan fingerprint density at radius 2 is 1.68 bits per heavy atom. The Labute approximate surface area is 147 Å². The van der Waals surface area contributed by atoms with Crippen molar-refractivity contribution >= 4 is 11.9 Å². The number of carbonyl (C=O) groups is 2. The normalized spacial score (nSPS) is 11.8. The van der Waals surface area contributed by atoms with Crippen LogP contribution in [0.2, 0.25) is 0 Å². The van der Waals surface area contributed by atoms with Crippen molar-refractivity contribution < 1.29 is 19.4 Å². The topological polar surface area (TPSA) is 78.5 Å². The van der Waals surface area contributed by atoms with Crippen LogP contribution >= 0.6 is 0 Å². The van der Waals surface area contributed by atoms with Crippen molar-refractivity contribution in [1.82, 2.24) is 5.32 Å². The predicted octanol–water partition coefficient (Wildman–Crippen LogP) is 2.33. The molecule has 0 aliphatic rings. The molecule has 25 heavy (non-hydrogen) atoms. The second-order valence-corrected chi connectivity index (χ2v) is 6.24. The maximum Gasteiger partial charge on any atom is 0.251 e. The lowest BCUT2D eigenvalue weighted by atomic mass is 10.0. The lowest BCUT2D eigenvalue weighted by Crippen LogP contribution is -2.34. The Hall–Kier alpha value is -2.82. The molecule has 0 spiro atoms. The first-order valence-corrected chi connectivity index (χ1v) is 8.24. The fraction of sp³-hybridized carbons (Fsp3) is 0.300. The average Bonchev–Trinajstić information content (AvgIpc) is 2.60. The van der Waals surface area contributed by atoms with E-state index in [-0.39, 0.29) is 12.3 Å². The first kappa shape index (κ1) is 18.5. The number of rotatable bonds is 8. The van der Waals surface area contributed by atoms with Gasteiger partial charge in [-0.1, -0.05) is 44.2 Å². The van der Waals surface area contributed by atoms with Crippen molar-refractivity contribution in [3.8, 4) is 5.75 Å². The summed E-state index contributed by atoms with van der Waals surface area (Å²) in [5.41, 5.74) is 1.16. The van der Waals surface area contributed by atoms with Crippen LogP contribution in [-0.2, 0) is 4.79 Å². The average molecular weight is 340 g/mol. The van der Waals surface area contributed by atoms with Gasteiger partial charge in [0.25, 0.3) is 5.91 Å². The van der Waals surface area contributed by atoms with E-state index in [1.165, 1.54) is 0 Å². The number of carbonyl (C=O) groups excluding carboxylic acids is 2. The summed E-state index contributed by atoms with van der Waals surface area (Å²) in [4.78, 5) is 23.4. The third kappa shape index (κ3) is 5.95. The highest BCUT2D eigenvalue weighted by atomic mass is 16.5. The van der Waals surface area contributed by atoms with Gasteiger partial charge >= 0.3 is 0 Å². The summed E-state index contributed by atoms with van der Waals surface area (Å²) >= 11 is 0. The second-order valence-electron chi connectivity index (χ2n) is 6.24. The molecule has 2 aromatic rings. The van der Waals surface area contributed by atoms with Crippen LogP contribution in [0.15, 0.2) is 54.6 Å². The fourth-order valence-electron chi connectivity index (χ4n) is 2.31. The Morgan fingerprint density at radius 3 is 2.24 bits per heavy atom. The SMILES string of the molecule is CC(C)COc1ccc(C(=O)N[C@H](CC(=O)[O-])c2ccccc2)cc1. The molecule has 2 rings (SSSR count). The van der Waals surface area contributed by atoms with Crippen molar-refractivity contribution in [3.05, 3.63) is 65.7 Å². The number of ether oxygens (including phenoxy) is 1. The Kier molecular flexibility index (Phi) is 6.57. The van der Waals surface area contributed by atoms with E-state index in [0.29, 0.717) is 23.8 Å². The lowest BCUT2D eigenvalue weighted by molar-refractivity contribution is -0.306. The predicted molar refractivity (Wildman–Crippen MR) is 93.0 cm³/mol. The highest BCUT2D eigenvalue weighted by Gasteiger charge is 2.16. The van der Waals surface area contributed by atoms with Gasteiger partial charge < -0.3 is 20.0 Å². The smallest absolute Gasteiger partial charge is 0.251 e. The van der Waals surface area contributed by atoms with E-state index >= 15 is 0 Å². The molecule has 0 saturated heterocycles. The molecule has 2 aromatic carbocycles. The minimum absolute atomic E-state index is 0.286. The molecule has 0 radical (unpaired) electrons. The second kappa shape index (κ2) is 8.87. The number of nitrogens with one attached hydrogen (secondary N) is 1. The first-order valence-electron chi connectivity index (χ1n) is 8.24. The number of hydrogen-bond donors (Lipinski definition) is 1. The van der Waals surface area contributed by atoms with Gasteiger partial charge in [-0.05, 0) is 35.7 Å². The van der Waals surface area contributed by atoms with Gasteiger partial charge in [0.1, 0.15) is 5.75 Å². The van der Waals surface area contributed by atoms with Crippen LogP contribution in [0, 0.1) is 5.92 Å². The van der Waals surface area contributed by atoms with Gasteiger partial charge in [-0.2, -0.15) is 0 Å². The van der Waals surface area contributed by atoms with Gasteiger partial charge in [-0.15, -0.1) is 0 Å². The number of aliphatic carboxylic acids is 1. The monoisotopic (exact) mass is 340 g/mol. The van der Waals surface area contributed by atoms with Gasteiger partial charge in [0.15, 0.2) is 0 Å². The molecule has 0 unspecified atom stereocenters. The van der Waals surface area contributed by atoms with Crippen molar-refractivity contribution in [3.63, 3.8) is 0 Å². The molecule has 1 amide bonds. The van der Waals surface area contributed by atoms with Crippen molar-refractivity contribution in [2.45, 2.75) is 26.3 Å². The van der Waals surface area contributed by atoms with E-state index in [0.717, 1.165) is 5.56 Å². The van der Waals surface area contributed by atoms with Crippen molar-refractivity contribution in [2.24, 2.45) is 5.92 Å². The van der Waals surface area contributed by atoms with Crippen LogP contribution in [0.3, 0.4) is 0 Å². The highest BCUT2D eigenvalue weighted by Crippen LogP contribution is 2.18. The van der Waals surface area contributed by atoms with Crippen molar-refractivity contribution in [1.29, 1.82) is 0 Å². The largest absolute Gasteiger partial charge is 0.550 e. The van der Waals surface area contributed by atoms with E-state index in [1.807, 2.05) is 6.07 Å². The van der Waals surface area contributed by atoms with Crippen LogP contribution in [-0.4, -0.2) is 18.5 Å². The molecular weight excluding hydrogens is 318 g/mol. The molecule has 0 fully saturated rings. The molecule has 0 saturated carbocycles. The van der Waals surface area contributed by atoms with Crippen LogP contribution in [0.5, 0.6) is 5.75 Å². The summed E-state index contributed by atoms with van der Waals surface area (Å²) < 4.78 is 5.59. The maximum atomic E-state index is 12.4. The molecule has 0 heterocycles. The molecule has 0 aromatic heterocycles. The van der Waals surface area contributed by atoms with Crippen LogP contribution < -0.4 is 15.2 Å². The minimum atomic E-state index is -1.22. The standard InChI is InChI=1S/C20H23NO4/c1-14(2)13-25-17-10-8-16(9-11-17)20(24)21-18(12-19(22)23)15-6-4-3-5-7-15/h3-11,14,18H,12-13H2,1-2H3,(H,21,24)(H,22,23)/p-1/t18-/m1/s1. The molecule has 0 bridgehead atoms. The molecule has 0 aliphatic carbocycles. The molecule has 0 aliphatic heterocycles. The number of carboxylic acid groups (broad SMARTS) is 1. The molecule has 5 nitrogen and oxygen atoms in total. The molecule has 1 atom stereocenters. The summed E-state index contributed by atoms with van der Waals surface area (Å²) in [7, 11) is 0. The van der Waals surface area contributed by atoms with E-state index in [2.05, 4.69) is 19.2 Å². The van der Waals surface area contributed by atoms with Gasteiger partial charge in [0.05, 0.1) is 12.6 Å². The van der Waals surface area contributed by atoms with Gasteiger partial charge in [-0.25, -0.2) is 0 Å². The minimum Gasteiger partial charge on any atom is -0.550 e. The summed E-state index contributed by atoms with van der Waals surface area (Å²) in [6.07, 6.45) is -0.286.